The molecule has 0 amide bonds. The first-order valence-corrected chi connectivity index (χ1v) is 6.27. The molecule has 88 valence electrons. The molecule has 0 bridgehead atoms. The van der Waals surface area contributed by atoms with Crippen LogP contribution in [-0.2, 0) is 6.54 Å². The van der Waals surface area contributed by atoms with Gasteiger partial charge >= 0.3 is 0 Å². The molecule has 0 spiro atoms. The van der Waals surface area contributed by atoms with Crippen LogP contribution in [0, 0.1) is 0 Å². The molecule has 2 nitrogen and oxygen atoms in total. The van der Waals surface area contributed by atoms with Crippen LogP contribution in [-0.4, -0.2) is 25.0 Å². The van der Waals surface area contributed by atoms with Crippen LogP contribution in [0.4, 0.5) is 0 Å². The van der Waals surface area contributed by atoms with E-state index in [1.807, 2.05) is 0 Å². The normalized spacial score (nSPS) is 15.7. The van der Waals surface area contributed by atoms with Gasteiger partial charge in [-0.1, -0.05) is 24.3 Å². The monoisotopic (exact) mass is 218 g/mol. The smallest absolute Gasteiger partial charge is 0.0230 e. The zero-order valence-electron chi connectivity index (χ0n) is 10.2. The van der Waals surface area contributed by atoms with Crippen LogP contribution < -0.4 is 5.73 Å². The summed E-state index contributed by atoms with van der Waals surface area (Å²) < 4.78 is 0. The average molecular weight is 218 g/mol. The van der Waals surface area contributed by atoms with Crippen molar-refractivity contribution in [3.8, 4) is 0 Å². The SMILES string of the molecule is CN(CCCN)Cc1cccc(C2CC2)c1. The highest BCUT2D eigenvalue weighted by molar-refractivity contribution is 5.29. The van der Waals surface area contributed by atoms with E-state index in [1.165, 1.54) is 24.0 Å². The molecule has 2 N–H and O–H groups in total. The molecule has 1 aromatic rings. The van der Waals surface area contributed by atoms with E-state index in [0.29, 0.717) is 0 Å². The molecule has 1 aliphatic carbocycles. The van der Waals surface area contributed by atoms with E-state index >= 15 is 0 Å². The molecular formula is C14H22N2. The summed E-state index contributed by atoms with van der Waals surface area (Å²) in [4.78, 5) is 2.35. The van der Waals surface area contributed by atoms with Crippen molar-refractivity contribution >= 4 is 0 Å². The first-order chi connectivity index (χ1) is 7.79. The zero-order chi connectivity index (χ0) is 11.4. The molecule has 0 radical (unpaired) electrons. The highest BCUT2D eigenvalue weighted by atomic mass is 15.1. The number of nitrogens with zero attached hydrogens (tertiary/aromatic N) is 1. The molecule has 1 fully saturated rings. The van der Waals surface area contributed by atoms with E-state index in [4.69, 9.17) is 5.73 Å². The van der Waals surface area contributed by atoms with Gasteiger partial charge in [0.05, 0.1) is 0 Å². The quantitative estimate of drug-likeness (QED) is 0.794. The van der Waals surface area contributed by atoms with Crippen LogP contribution in [0.15, 0.2) is 24.3 Å². The lowest BCUT2D eigenvalue weighted by Gasteiger charge is -2.16. The number of benzene rings is 1. The maximum Gasteiger partial charge on any atom is 0.0230 e. The van der Waals surface area contributed by atoms with Crippen LogP contribution in [0.2, 0.25) is 0 Å². The summed E-state index contributed by atoms with van der Waals surface area (Å²) >= 11 is 0. The molecule has 0 saturated heterocycles. The topological polar surface area (TPSA) is 29.3 Å². The maximum atomic E-state index is 5.52. The lowest BCUT2D eigenvalue weighted by atomic mass is 10.1. The minimum absolute atomic E-state index is 0.784. The van der Waals surface area contributed by atoms with Crippen molar-refractivity contribution in [2.75, 3.05) is 20.1 Å². The van der Waals surface area contributed by atoms with E-state index in [1.54, 1.807) is 0 Å². The second kappa shape index (κ2) is 5.46. The zero-order valence-corrected chi connectivity index (χ0v) is 10.2. The predicted molar refractivity (Wildman–Crippen MR) is 68.4 cm³/mol. The first kappa shape index (κ1) is 11.6. The Balaban J connectivity index is 1.90. The molecular weight excluding hydrogens is 196 g/mol. The van der Waals surface area contributed by atoms with Gasteiger partial charge in [-0.15, -0.1) is 0 Å². The van der Waals surface area contributed by atoms with Gasteiger partial charge in [0.15, 0.2) is 0 Å². The maximum absolute atomic E-state index is 5.52. The molecule has 1 aliphatic rings. The first-order valence-electron chi connectivity index (χ1n) is 6.27. The molecule has 16 heavy (non-hydrogen) atoms. The largest absolute Gasteiger partial charge is 0.330 e. The second-order valence-corrected chi connectivity index (χ2v) is 4.90. The molecule has 0 heterocycles. The predicted octanol–water partition coefficient (Wildman–Crippen LogP) is 2.34. The van der Waals surface area contributed by atoms with E-state index in [-0.39, 0.29) is 0 Å². The van der Waals surface area contributed by atoms with Crippen molar-refractivity contribution in [3.63, 3.8) is 0 Å². The molecule has 0 aromatic heterocycles. The van der Waals surface area contributed by atoms with Crippen LogP contribution in [0.5, 0.6) is 0 Å². The van der Waals surface area contributed by atoms with Gasteiger partial charge in [-0.2, -0.15) is 0 Å². The van der Waals surface area contributed by atoms with Crippen LogP contribution in [0.1, 0.15) is 36.3 Å². The van der Waals surface area contributed by atoms with Crippen molar-refractivity contribution in [3.05, 3.63) is 35.4 Å². The summed E-state index contributed by atoms with van der Waals surface area (Å²) in [5.74, 6) is 0.856. The summed E-state index contributed by atoms with van der Waals surface area (Å²) in [6, 6.07) is 9.06. The Morgan fingerprint density at radius 3 is 2.88 bits per heavy atom. The summed E-state index contributed by atoms with van der Waals surface area (Å²) in [5, 5.41) is 0. The van der Waals surface area contributed by atoms with Crippen molar-refractivity contribution < 1.29 is 0 Å². The van der Waals surface area contributed by atoms with E-state index < -0.39 is 0 Å². The Bertz CT molecular complexity index is 331. The third-order valence-electron chi connectivity index (χ3n) is 3.20. The minimum Gasteiger partial charge on any atom is -0.330 e. The summed E-state index contributed by atoms with van der Waals surface area (Å²) in [5.41, 5.74) is 8.48. The molecule has 0 atom stereocenters. The fourth-order valence-corrected chi connectivity index (χ4v) is 2.11. The molecule has 0 aliphatic heterocycles. The summed E-state index contributed by atoms with van der Waals surface area (Å²) in [6.07, 6.45) is 3.84. The highest BCUT2D eigenvalue weighted by Gasteiger charge is 2.23. The molecule has 0 unspecified atom stereocenters. The van der Waals surface area contributed by atoms with E-state index in [2.05, 4.69) is 36.2 Å². The standard InChI is InChI=1S/C14H22N2/c1-16(9-3-8-15)11-12-4-2-5-14(10-12)13-6-7-13/h2,4-5,10,13H,3,6-9,11,15H2,1H3. The van der Waals surface area contributed by atoms with Crippen molar-refractivity contribution in [1.29, 1.82) is 0 Å². The van der Waals surface area contributed by atoms with Gasteiger partial charge < -0.3 is 10.6 Å². The third kappa shape index (κ3) is 3.32. The Morgan fingerprint density at radius 2 is 2.19 bits per heavy atom. The van der Waals surface area contributed by atoms with Crippen molar-refractivity contribution in [1.82, 2.24) is 4.90 Å². The number of rotatable bonds is 6. The summed E-state index contributed by atoms with van der Waals surface area (Å²) in [7, 11) is 2.17. The van der Waals surface area contributed by atoms with Crippen LogP contribution in [0.3, 0.4) is 0 Å². The van der Waals surface area contributed by atoms with Gasteiger partial charge in [0.2, 0.25) is 0 Å². The molecule has 2 heteroatoms. The Kier molecular flexibility index (Phi) is 3.97. The minimum atomic E-state index is 0.784. The fraction of sp³-hybridized carbons (Fsp3) is 0.571. The number of hydrogen-bond acceptors (Lipinski definition) is 2. The van der Waals surface area contributed by atoms with Gasteiger partial charge in [-0.3, -0.25) is 0 Å². The molecule has 1 saturated carbocycles. The Labute approximate surface area is 98.4 Å². The number of hydrogen-bond donors (Lipinski definition) is 1. The fourth-order valence-electron chi connectivity index (χ4n) is 2.11. The van der Waals surface area contributed by atoms with Gasteiger partial charge in [-0.05, 0) is 56.4 Å². The number of nitrogens with two attached hydrogens (primary N) is 1. The Hall–Kier alpha value is -0.860. The summed E-state index contributed by atoms with van der Waals surface area (Å²) in [6.45, 7) is 2.91. The van der Waals surface area contributed by atoms with Crippen LogP contribution >= 0.6 is 0 Å². The van der Waals surface area contributed by atoms with Gasteiger partial charge in [0, 0.05) is 6.54 Å². The van der Waals surface area contributed by atoms with E-state index in [0.717, 1.165) is 32.0 Å². The lowest BCUT2D eigenvalue weighted by Crippen LogP contribution is -2.21. The van der Waals surface area contributed by atoms with Gasteiger partial charge in [0.1, 0.15) is 0 Å². The van der Waals surface area contributed by atoms with Crippen LogP contribution in [0.25, 0.3) is 0 Å². The second-order valence-electron chi connectivity index (χ2n) is 4.90. The van der Waals surface area contributed by atoms with Gasteiger partial charge in [0.25, 0.3) is 0 Å². The average Bonchev–Trinajstić information content (AvgIpc) is 3.10. The molecule has 2 rings (SSSR count). The van der Waals surface area contributed by atoms with Gasteiger partial charge in [-0.25, -0.2) is 0 Å². The van der Waals surface area contributed by atoms with Crippen molar-refractivity contribution in [2.45, 2.75) is 31.7 Å². The van der Waals surface area contributed by atoms with E-state index in [9.17, 15) is 0 Å². The Morgan fingerprint density at radius 1 is 1.38 bits per heavy atom. The lowest BCUT2D eigenvalue weighted by molar-refractivity contribution is 0.324. The third-order valence-corrected chi connectivity index (χ3v) is 3.20. The van der Waals surface area contributed by atoms with Crippen molar-refractivity contribution in [2.24, 2.45) is 5.73 Å². The molecule has 1 aromatic carbocycles. The highest BCUT2D eigenvalue weighted by Crippen LogP contribution is 2.40.